The molecule has 1 aromatic carbocycles. The van der Waals surface area contributed by atoms with Crippen molar-refractivity contribution < 1.29 is 20.1 Å². The first-order chi connectivity index (χ1) is 6.77. The SMILES string of the molecule is CC(C)N1C=CN(c2[c-]cccc2)[CH-]1.[Ir]. The van der Waals surface area contributed by atoms with Crippen LogP contribution in [0.3, 0.4) is 0 Å². The molecule has 0 N–H and O–H groups in total. The molecule has 2 rings (SSSR count). The number of hydrogen-bond donors (Lipinski definition) is 0. The van der Waals surface area contributed by atoms with E-state index in [1.165, 1.54) is 0 Å². The van der Waals surface area contributed by atoms with Crippen LogP contribution in [0.4, 0.5) is 5.69 Å². The van der Waals surface area contributed by atoms with Gasteiger partial charge in [0, 0.05) is 20.1 Å². The number of benzene rings is 1. The molecule has 0 aromatic heterocycles. The quantitative estimate of drug-likeness (QED) is 0.730. The number of anilines is 1. The predicted molar refractivity (Wildman–Crippen MR) is 58.2 cm³/mol. The Morgan fingerprint density at radius 3 is 2.60 bits per heavy atom. The molecule has 0 bridgehead atoms. The van der Waals surface area contributed by atoms with Crippen molar-refractivity contribution in [2.75, 3.05) is 4.90 Å². The largest absolute Gasteiger partial charge is 0.506 e. The third kappa shape index (κ3) is 2.83. The van der Waals surface area contributed by atoms with Crippen LogP contribution in [0.25, 0.3) is 0 Å². The Morgan fingerprint density at radius 1 is 1.27 bits per heavy atom. The van der Waals surface area contributed by atoms with Gasteiger partial charge in [-0.3, -0.25) is 0 Å². The van der Waals surface area contributed by atoms with Crippen LogP contribution in [0, 0.1) is 12.7 Å². The first-order valence-corrected chi connectivity index (χ1v) is 4.83. The molecule has 0 aliphatic carbocycles. The molecule has 2 nitrogen and oxygen atoms in total. The van der Waals surface area contributed by atoms with Crippen LogP contribution in [0.2, 0.25) is 0 Å². The molecule has 1 aliphatic rings. The maximum atomic E-state index is 3.19. The van der Waals surface area contributed by atoms with E-state index in [0.29, 0.717) is 6.04 Å². The molecule has 1 heterocycles. The summed E-state index contributed by atoms with van der Waals surface area (Å²) in [6, 6.07) is 11.7. The molecular weight excluding hydrogens is 364 g/mol. The second kappa shape index (κ2) is 5.34. The van der Waals surface area contributed by atoms with Gasteiger partial charge in [-0.05, 0) is 32.3 Å². The van der Waals surface area contributed by atoms with Crippen molar-refractivity contribution >= 4 is 5.69 Å². The maximum Gasteiger partial charge on any atom is 0 e. The molecular formula is C12H14IrN2-2. The predicted octanol–water partition coefficient (Wildman–Crippen LogP) is 2.61. The van der Waals surface area contributed by atoms with Crippen LogP contribution in [0.1, 0.15) is 13.8 Å². The maximum absolute atomic E-state index is 3.19. The van der Waals surface area contributed by atoms with E-state index in [2.05, 4.69) is 42.6 Å². The fraction of sp³-hybridized carbons (Fsp3) is 0.250. The third-order valence-corrected chi connectivity index (χ3v) is 2.22. The summed E-state index contributed by atoms with van der Waals surface area (Å²) in [5, 5.41) is 0. The van der Waals surface area contributed by atoms with Gasteiger partial charge >= 0.3 is 0 Å². The van der Waals surface area contributed by atoms with E-state index in [-0.39, 0.29) is 20.1 Å². The summed E-state index contributed by atoms with van der Waals surface area (Å²) < 4.78 is 0. The van der Waals surface area contributed by atoms with E-state index in [0.717, 1.165) is 5.69 Å². The van der Waals surface area contributed by atoms with E-state index in [4.69, 9.17) is 0 Å². The molecule has 1 aromatic rings. The summed E-state index contributed by atoms with van der Waals surface area (Å²) in [7, 11) is 0. The monoisotopic (exact) mass is 379 g/mol. The molecule has 0 unspecified atom stereocenters. The molecule has 0 atom stereocenters. The van der Waals surface area contributed by atoms with Gasteiger partial charge in [0.15, 0.2) is 0 Å². The van der Waals surface area contributed by atoms with Crippen molar-refractivity contribution in [3.63, 3.8) is 0 Å². The van der Waals surface area contributed by atoms with Gasteiger partial charge in [-0.15, -0.1) is 5.69 Å². The van der Waals surface area contributed by atoms with Crippen molar-refractivity contribution in [1.82, 2.24) is 4.90 Å². The molecule has 3 heteroatoms. The van der Waals surface area contributed by atoms with E-state index >= 15 is 0 Å². The Labute approximate surface area is 105 Å². The summed E-state index contributed by atoms with van der Waals surface area (Å²) in [4.78, 5) is 4.24. The smallest absolute Gasteiger partial charge is 0 e. The van der Waals surface area contributed by atoms with Crippen LogP contribution in [-0.4, -0.2) is 10.9 Å². The van der Waals surface area contributed by atoms with E-state index in [1.807, 2.05) is 30.5 Å². The van der Waals surface area contributed by atoms with E-state index < -0.39 is 0 Å². The topological polar surface area (TPSA) is 6.48 Å². The first kappa shape index (κ1) is 12.3. The fourth-order valence-corrected chi connectivity index (χ4v) is 1.36. The van der Waals surface area contributed by atoms with E-state index in [9.17, 15) is 0 Å². The van der Waals surface area contributed by atoms with Crippen LogP contribution >= 0.6 is 0 Å². The average Bonchev–Trinajstić information content (AvgIpc) is 2.68. The molecule has 83 valence electrons. The van der Waals surface area contributed by atoms with Crippen LogP contribution in [0.15, 0.2) is 36.7 Å². The summed E-state index contributed by atoms with van der Waals surface area (Å²) in [6.45, 7) is 6.41. The van der Waals surface area contributed by atoms with Crippen molar-refractivity contribution in [2.45, 2.75) is 19.9 Å². The van der Waals surface area contributed by atoms with Gasteiger partial charge < -0.3 is 9.80 Å². The summed E-state index contributed by atoms with van der Waals surface area (Å²) in [5.41, 5.74) is 1.08. The number of nitrogens with zero attached hydrogens (tertiary/aromatic N) is 2. The summed E-state index contributed by atoms with van der Waals surface area (Å²) in [5.74, 6) is 0. The van der Waals surface area contributed by atoms with Gasteiger partial charge in [0.25, 0.3) is 0 Å². The molecule has 0 spiro atoms. The fourth-order valence-electron chi connectivity index (χ4n) is 1.36. The third-order valence-electron chi connectivity index (χ3n) is 2.22. The van der Waals surface area contributed by atoms with Gasteiger partial charge in [0.2, 0.25) is 0 Å². The minimum Gasteiger partial charge on any atom is -0.506 e. The Bertz CT molecular complexity index is 322. The molecule has 0 saturated heterocycles. The van der Waals surface area contributed by atoms with E-state index in [1.54, 1.807) is 0 Å². The van der Waals surface area contributed by atoms with Gasteiger partial charge in [0.1, 0.15) is 0 Å². The Kier molecular flexibility index (Phi) is 4.37. The van der Waals surface area contributed by atoms with Crippen LogP contribution in [-0.2, 0) is 20.1 Å². The average molecular weight is 378 g/mol. The van der Waals surface area contributed by atoms with Gasteiger partial charge in [-0.1, -0.05) is 0 Å². The van der Waals surface area contributed by atoms with Gasteiger partial charge in [-0.2, -0.15) is 37.0 Å². The zero-order valence-corrected chi connectivity index (χ0v) is 11.2. The Balaban J connectivity index is 0.00000112. The van der Waals surface area contributed by atoms with Crippen molar-refractivity contribution in [2.24, 2.45) is 0 Å². The zero-order valence-electron chi connectivity index (χ0n) is 8.85. The number of para-hydroxylation sites is 1. The molecule has 1 radical (unpaired) electrons. The first-order valence-electron chi connectivity index (χ1n) is 4.83. The van der Waals surface area contributed by atoms with Crippen molar-refractivity contribution in [3.8, 4) is 0 Å². The van der Waals surface area contributed by atoms with Crippen molar-refractivity contribution in [3.05, 3.63) is 49.4 Å². The normalized spacial score (nSPS) is 14.6. The number of rotatable bonds is 2. The molecule has 0 amide bonds. The molecule has 0 fully saturated rings. The zero-order chi connectivity index (χ0) is 9.97. The minimum atomic E-state index is 0. The van der Waals surface area contributed by atoms with Gasteiger partial charge in [-0.25, -0.2) is 0 Å². The summed E-state index contributed by atoms with van der Waals surface area (Å²) in [6.07, 6.45) is 4.12. The minimum absolute atomic E-state index is 0. The summed E-state index contributed by atoms with van der Waals surface area (Å²) >= 11 is 0. The van der Waals surface area contributed by atoms with Crippen LogP contribution < -0.4 is 4.90 Å². The number of hydrogen-bond acceptors (Lipinski definition) is 2. The Morgan fingerprint density at radius 2 is 2.07 bits per heavy atom. The van der Waals surface area contributed by atoms with Crippen molar-refractivity contribution in [1.29, 1.82) is 0 Å². The molecule has 15 heavy (non-hydrogen) atoms. The second-order valence-electron chi connectivity index (χ2n) is 3.61. The molecule has 0 saturated carbocycles. The van der Waals surface area contributed by atoms with Gasteiger partial charge in [0.05, 0.1) is 0 Å². The second-order valence-corrected chi connectivity index (χ2v) is 3.61. The Hall–Kier alpha value is -0.791. The molecule has 1 aliphatic heterocycles. The van der Waals surface area contributed by atoms with Crippen LogP contribution in [0.5, 0.6) is 0 Å². The standard InChI is InChI=1S/C12H14N2.Ir/c1-11(2)13-8-9-14(10-13)12-6-4-3-5-7-12;/h3-6,8-11H,1-2H3;/q-2;.